The highest BCUT2D eigenvalue weighted by molar-refractivity contribution is 6.42. The SMILES string of the molecule is CCc1cc(CC)cc(-n2c(N3CCC(C(=O)N[C@@H]4CCOC4)CC3)nc3cc(Cl)c(Cl)cc32)c1. The predicted octanol–water partition coefficient (Wildman–Crippen LogP) is 5.58. The first-order chi connectivity index (χ1) is 17.0. The number of nitrogens with one attached hydrogen (secondary N) is 1. The summed E-state index contributed by atoms with van der Waals surface area (Å²) in [6.45, 7) is 7.23. The first-order valence-electron chi connectivity index (χ1n) is 12.6. The van der Waals surface area contributed by atoms with Crippen LogP contribution in [-0.2, 0) is 22.4 Å². The van der Waals surface area contributed by atoms with Crippen LogP contribution in [0.1, 0.15) is 44.2 Å². The normalized spacial score (nSPS) is 19.0. The summed E-state index contributed by atoms with van der Waals surface area (Å²) in [5.74, 6) is 1.04. The van der Waals surface area contributed by atoms with Gasteiger partial charge in [-0.25, -0.2) is 4.98 Å². The maximum atomic E-state index is 12.8. The van der Waals surface area contributed by atoms with E-state index in [0.717, 1.165) is 74.5 Å². The van der Waals surface area contributed by atoms with Crippen molar-refractivity contribution in [3.63, 3.8) is 0 Å². The van der Waals surface area contributed by atoms with Crippen molar-refractivity contribution < 1.29 is 9.53 Å². The van der Waals surface area contributed by atoms with E-state index in [1.54, 1.807) is 0 Å². The minimum absolute atomic E-state index is 0.0173. The Morgan fingerprint density at radius 1 is 1.03 bits per heavy atom. The minimum Gasteiger partial charge on any atom is -0.379 e. The van der Waals surface area contributed by atoms with Gasteiger partial charge in [0.25, 0.3) is 0 Å². The number of rotatable bonds is 6. The van der Waals surface area contributed by atoms with Gasteiger partial charge in [-0.15, -0.1) is 0 Å². The van der Waals surface area contributed by atoms with Crippen LogP contribution in [-0.4, -0.2) is 47.8 Å². The predicted molar refractivity (Wildman–Crippen MR) is 142 cm³/mol. The van der Waals surface area contributed by atoms with Crippen molar-refractivity contribution in [2.75, 3.05) is 31.2 Å². The van der Waals surface area contributed by atoms with Gasteiger partial charge in [-0.3, -0.25) is 9.36 Å². The van der Waals surface area contributed by atoms with Gasteiger partial charge < -0.3 is 15.0 Å². The molecule has 186 valence electrons. The minimum atomic E-state index is 0.0173. The Kier molecular flexibility index (Phi) is 7.24. The van der Waals surface area contributed by atoms with Gasteiger partial charge in [0.1, 0.15) is 0 Å². The molecule has 0 bridgehead atoms. The number of fused-ring (bicyclic) bond motifs is 1. The second kappa shape index (κ2) is 10.4. The fourth-order valence-corrected chi connectivity index (χ4v) is 5.43. The fourth-order valence-electron chi connectivity index (χ4n) is 5.12. The molecule has 1 aromatic heterocycles. The fraction of sp³-hybridized carbons (Fsp3) is 0.481. The average molecular weight is 515 g/mol. The zero-order chi connectivity index (χ0) is 24.5. The van der Waals surface area contributed by atoms with Crippen LogP contribution in [0, 0.1) is 5.92 Å². The second-order valence-corrected chi connectivity index (χ2v) is 10.4. The van der Waals surface area contributed by atoms with E-state index < -0.39 is 0 Å². The topological polar surface area (TPSA) is 59.4 Å². The van der Waals surface area contributed by atoms with Crippen LogP contribution in [0.25, 0.3) is 16.7 Å². The highest BCUT2D eigenvalue weighted by Gasteiger charge is 2.30. The maximum absolute atomic E-state index is 12.8. The molecule has 8 heteroatoms. The molecule has 1 N–H and O–H groups in total. The quantitative estimate of drug-likeness (QED) is 0.466. The number of hydrogen-bond acceptors (Lipinski definition) is 4. The number of ether oxygens (including phenoxy) is 1. The van der Waals surface area contributed by atoms with Gasteiger partial charge in [-0.05, 0) is 67.5 Å². The lowest BCUT2D eigenvalue weighted by atomic mass is 9.95. The highest BCUT2D eigenvalue weighted by Crippen LogP contribution is 2.35. The molecule has 0 saturated carbocycles. The molecule has 3 heterocycles. The summed E-state index contributed by atoms with van der Waals surface area (Å²) in [7, 11) is 0. The van der Waals surface area contributed by atoms with Crippen molar-refractivity contribution in [3.05, 3.63) is 51.5 Å². The average Bonchev–Trinajstić information content (AvgIpc) is 3.51. The number of nitrogens with zero attached hydrogens (tertiary/aromatic N) is 3. The summed E-state index contributed by atoms with van der Waals surface area (Å²) >= 11 is 12.8. The van der Waals surface area contributed by atoms with Gasteiger partial charge in [0.15, 0.2) is 0 Å². The number of imidazole rings is 1. The Labute approximate surface area is 216 Å². The van der Waals surface area contributed by atoms with E-state index in [2.05, 4.69) is 46.8 Å². The molecule has 0 aliphatic carbocycles. The lowest BCUT2D eigenvalue weighted by Crippen LogP contribution is -2.44. The van der Waals surface area contributed by atoms with Crippen LogP contribution >= 0.6 is 23.2 Å². The van der Waals surface area contributed by atoms with Gasteiger partial charge in [0, 0.05) is 31.3 Å². The molecule has 5 rings (SSSR count). The largest absolute Gasteiger partial charge is 0.379 e. The second-order valence-electron chi connectivity index (χ2n) is 9.55. The van der Waals surface area contributed by atoms with E-state index in [1.807, 2.05) is 12.1 Å². The van der Waals surface area contributed by atoms with E-state index in [0.29, 0.717) is 16.7 Å². The Balaban J connectivity index is 1.47. The van der Waals surface area contributed by atoms with E-state index in [9.17, 15) is 4.79 Å². The van der Waals surface area contributed by atoms with Crippen molar-refractivity contribution >= 4 is 46.1 Å². The Morgan fingerprint density at radius 2 is 1.71 bits per heavy atom. The van der Waals surface area contributed by atoms with Crippen LogP contribution < -0.4 is 10.2 Å². The number of aromatic nitrogens is 2. The van der Waals surface area contributed by atoms with Crippen molar-refractivity contribution in [3.8, 4) is 5.69 Å². The zero-order valence-corrected chi connectivity index (χ0v) is 21.8. The Bertz CT molecular complexity index is 1210. The Morgan fingerprint density at radius 3 is 2.34 bits per heavy atom. The van der Waals surface area contributed by atoms with Crippen molar-refractivity contribution in [1.82, 2.24) is 14.9 Å². The summed E-state index contributed by atoms with van der Waals surface area (Å²) in [4.78, 5) is 20.1. The van der Waals surface area contributed by atoms with Gasteiger partial charge in [-0.1, -0.05) is 43.1 Å². The van der Waals surface area contributed by atoms with Crippen molar-refractivity contribution in [2.45, 2.75) is 52.0 Å². The van der Waals surface area contributed by atoms with E-state index in [1.165, 1.54) is 11.1 Å². The first kappa shape index (κ1) is 24.4. The molecule has 6 nitrogen and oxygen atoms in total. The highest BCUT2D eigenvalue weighted by atomic mass is 35.5. The molecule has 0 spiro atoms. The first-order valence-corrected chi connectivity index (χ1v) is 13.4. The summed E-state index contributed by atoms with van der Waals surface area (Å²) in [5.41, 5.74) is 5.41. The number of piperidine rings is 1. The summed E-state index contributed by atoms with van der Waals surface area (Å²) in [6.07, 6.45) is 4.40. The number of amides is 1. The third-order valence-corrected chi connectivity index (χ3v) is 7.94. The smallest absolute Gasteiger partial charge is 0.223 e. The van der Waals surface area contributed by atoms with Crippen molar-refractivity contribution in [1.29, 1.82) is 0 Å². The molecule has 0 radical (unpaired) electrons. The number of halogens is 2. The van der Waals surface area contributed by atoms with Crippen LogP contribution in [0.4, 0.5) is 5.95 Å². The molecule has 0 unspecified atom stereocenters. The molecule has 2 fully saturated rings. The van der Waals surface area contributed by atoms with Gasteiger partial charge in [0.05, 0.1) is 33.7 Å². The third-order valence-electron chi connectivity index (χ3n) is 7.22. The molecule has 3 aromatic rings. The standard InChI is InChI=1S/C27H32Cl2N4O2/c1-3-17-11-18(4-2)13-21(12-17)33-25-15-23(29)22(28)14-24(25)31-27(33)32-8-5-19(6-9-32)26(34)30-20-7-10-35-16-20/h11-15,19-20H,3-10,16H2,1-2H3,(H,30,34)/t20-/m1/s1. The Hall–Kier alpha value is -2.28. The monoisotopic (exact) mass is 514 g/mol. The van der Waals surface area contributed by atoms with E-state index in [4.69, 9.17) is 32.9 Å². The zero-order valence-electron chi connectivity index (χ0n) is 20.3. The number of carbonyl (C=O) groups is 1. The number of aryl methyl sites for hydroxylation is 2. The molecule has 2 aliphatic heterocycles. The molecular weight excluding hydrogens is 483 g/mol. The number of carbonyl (C=O) groups excluding carboxylic acids is 1. The summed E-state index contributed by atoms with van der Waals surface area (Å²) in [5, 5.41) is 4.18. The number of hydrogen-bond donors (Lipinski definition) is 1. The van der Waals surface area contributed by atoms with Gasteiger partial charge in [0.2, 0.25) is 11.9 Å². The summed E-state index contributed by atoms with van der Waals surface area (Å²) < 4.78 is 7.60. The van der Waals surface area contributed by atoms with Crippen LogP contribution in [0.2, 0.25) is 10.0 Å². The maximum Gasteiger partial charge on any atom is 0.223 e. The molecule has 2 saturated heterocycles. The van der Waals surface area contributed by atoms with Crippen LogP contribution in [0.3, 0.4) is 0 Å². The van der Waals surface area contributed by atoms with Crippen molar-refractivity contribution in [2.24, 2.45) is 5.92 Å². The van der Waals surface area contributed by atoms with E-state index >= 15 is 0 Å². The molecule has 2 aliphatic rings. The van der Waals surface area contributed by atoms with Gasteiger partial charge in [-0.2, -0.15) is 0 Å². The molecule has 1 atom stereocenters. The molecule has 1 amide bonds. The third kappa shape index (κ3) is 5.02. The summed E-state index contributed by atoms with van der Waals surface area (Å²) in [6, 6.07) is 10.6. The number of benzene rings is 2. The van der Waals surface area contributed by atoms with Crippen LogP contribution in [0.15, 0.2) is 30.3 Å². The van der Waals surface area contributed by atoms with Gasteiger partial charge >= 0.3 is 0 Å². The lowest BCUT2D eigenvalue weighted by molar-refractivity contribution is -0.126. The molecule has 35 heavy (non-hydrogen) atoms. The van der Waals surface area contributed by atoms with Crippen LogP contribution in [0.5, 0.6) is 0 Å². The number of anilines is 1. The lowest BCUT2D eigenvalue weighted by Gasteiger charge is -2.33. The van der Waals surface area contributed by atoms with E-state index in [-0.39, 0.29) is 17.9 Å². The molecule has 2 aromatic carbocycles. The molecular formula is C27H32Cl2N4O2.